The van der Waals surface area contributed by atoms with Gasteiger partial charge in [0.05, 0.1) is 0 Å². The van der Waals surface area contributed by atoms with Crippen LogP contribution < -0.4 is 0 Å². The van der Waals surface area contributed by atoms with E-state index in [0.29, 0.717) is 0 Å². The van der Waals surface area contributed by atoms with Crippen molar-refractivity contribution >= 4 is 28.9 Å². The molecule has 68 valence electrons. The van der Waals surface area contributed by atoms with Crippen molar-refractivity contribution in [3.05, 3.63) is 34.9 Å². The molecule has 2 rings (SSSR count). The molecule has 0 nitrogen and oxygen atoms in total. The Balaban J connectivity index is 2.51. The summed E-state index contributed by atoms with van der Waals surface area (Å²) in [6, 6.07) is 6.15. The van der Waals surface area contributed by atoms with Crippen LogP contribution in [0.25, 0.3) is 5.57 Å². The SMILES string of the molecule is CCC1=CCSc2ccc(Cl)cc21. The molecule has 0 unspecified atom stereocenters. The number of benzene rings is 1. The summed E-state index contributed by atoms with van der Waals surface area (Å²) in [4.78, 5) is 1.36. The summed E-state index contributed by atoms with van der Waals surface area (Å²) in [6.45, 7) is 2.19. The fourth-order valence-electron chi connectivity index (χ4n) is 1.56. The van der Waals surface area contributed by atoms with Gasteiger partial charge in [-0.05, 0) is 35.8 Å². The molecule has 0 saturated heterocycles. The molecule has 0 fully saturated rings. The van der Waals surface area contributed by atoms with E-state index in [9.17, 15) is 0 Å². The Hall–Kier alpha value is -0.400. The van der Waals surface area contributed by atoms with Gasteiger partial charge in [-0.2, -0.15) is 0 Å². The minimum Gasteiger partial charge on any atom is -0.121 e. The van der Waals surface area contributed by atoms with Crippen LogP contribution in [0.4, 0.5) is 0 Å². The van der Waals surface area contributed by atoms with E-state index in [2.05, 4.69) is 25.1 Å². The maximum absolute atomic E-state index is 5.96. The summed E-state index contributed by atoms with van der Waals surface area (Å²) in [5.74, 6) is 1.10. The van der Waals surface area contributed by atoms with Gasteiger partial charge >= 0.3 is 0 Å². The number of allylic oxidation sites excluding steroid dienone is 1. The Bertz CT molecular complexity index is 355. The second kappa shape index (κ2) is 3.77. The van der Waals surface area contributed by atoms with Gasteiger partial charge < -0.3 is 0 Å². The molecule has 0 aliphatic carbocycles. The number of hydrogen-bond donors (Lipinski definition) is 0. The van der Waals surface area contributed by atoms with Crippen molar-refractivity contribution in [3.63, 3.8) is 0 Å². The Morgan fingerprint density at radius 2 is 2.31 bits per heavy atom. The maximum atomic E-state index is 5.96. The van der Waals surface area contributed by atoms with Crippen LogP contribution in [0.5, 0.6) is 0 Å². The molecule has 1 heterocycles. The summed E-state index contributed by atoms with van der Waals surface area (Å²) >= 11 is 7.84. The Labute approximate surface area is 88.0 Å². The summed E-state index contributed by atoms with van der Waals surface area (Å²) in [6.07, 6.45) is 3.39. The number of fused-ring (bicyclic) bond motifs is 1. The molecular formula is C11H11ClS. The molecule has 1 aliphatic rings. The van der Waals surface area contributed by atoms with Crippen molar-refractivity contribution in [2.75, 3.05) is 5.75 Å². The van der Waals surface area contributed by atoms with Crippen LogP contribution in [-0.4, -0.2) is 5.75 Å². The number of rotatable bonds is 1. The van der Waals surface area contributed by atoms with Crippen molar-refractivity contribution < 1.29 is 0 Å². The standard InChI is InChI=1S/C11H11ClS/c1-2-8-5-6-13-11-4-3-9(12)7-10(8)11/h3-5,7H,2,6H2,1H3. The number of thioether (sulfide) groups is 1. The Morgan fingerprint density at radius 1 is 1.46 bits per heavy atom. The van der Waals surface area contributed by atoms with E-state index < -0.39 is 0 Å². The number of hydrogen-bond acceptors (Lipinski definition) is 1. The van der Waals surface area contributed by atoms with E-state index in [1.165, 1.54) is 16.0 Å². The molecule has 0 bridgehead atoms. The molecule has 2 heteroatoms. The van der Waals surface area contributed by atoms with Crippen molar-refractivity contribution in [1.82, 2.24) is 0 Å². The Kier molecular flexibility index (Phi) is 2.66. The van der Waals surface area contributed by atoms with Gasteiger partial charge in [0.2, 0.25) is 0 Å². The van der Waals surface area contributed by atoms with E-state index in [1.54, 1.807) is 0 Å². The lowest BCUT2D eigenvalue weighted by Crippen LogP contribution is -1.94. The van der Waals surface area contributed by atoms with Gasteiger partial charge in [-0.1, -0.05) is 24.6 Å². The normalized spacial score (nSPS) is 15.1. The fourth-order valence-corrected chi connectivity index (χ4v) is 2.70. The molecule has 0 saturated carbocycles. The van der Waals surface area contributed by atoms with E-state index >= 15 is 0 Å². The molecule has 0 N–H and O–H groups in total. The minimum absolute atomic E-state index is 0.834. The fraction of sp³-hybridized carbons (Fsp3) is 0.273. The predicted molar refractivity (Wildman–Crippen MR) is 60.4 cm³/mol. The zero-order chi connectivity index (χ0) is 9.26. The molecule has 1 aliphatic heterocycles. The smallest absolute Gasteiger partial charge is 0.0412 e. The zero-order valence-electron chi connectivity index (χ0n) is 7.51. The first-order chi connectivity index (χ1) is 6.31. The van der Waals surface area contributed by atoms with Crippen LogP contribution in [-0.2, 0) is 0 Å². The highest BCUT2D eigenvalue weighted by atomic mass is 35.5. The third kappa shape index (κ3) is 1.77. The van der Waals surface area contributed by atoms with Gasteiger partial charge in [0.25, 0.3) is 0 Å². The van der Waals surface area contributed by atoms with Gasteiger partial charge in [0.15, 0.2) is 0 Å². The highest BCUT2D eigenvalue weighted by molar-refractivity contribution is 7.99. The predicted octanol–water partition coefficient (Wildman–Crippen LogP) is 4.24. The minimum atomic E-state index is 0.834. The summed E-state index contributed by atoms with van der Waals surface area (Å²) < 4.78 is 0. The van der Waals surface area contributed by atoms with Gasteiger partial charge in [-0.15, -0.1) is 11.8 Å². The average Bonchev–Trinajstić information content (AvgIpc) is 2.17. The lowest BCUT2D eigenvalue weighted by atomic mass is 10.0. The summed E-state index contributed by atoms with van der Waals surface area (Å²) in [5.41, 5.74) is 2.75. The van der Waals surface area contributed by atoms with Crippen LogP contribution in [0, 0.1) is 0 Å². The van der Waals surface area contributed by atoms with Crippen molar-refractivity contribution in [2.24, 2.45) is 0 Å². The molecular weight excluding hydrogens is 200 g/mol. The molecule has 0 radical (unpaired) electrons. The summed E-state index contributed by atoms with van der Waals surface area (Å²) in [5, 5.41) is 0.834. The van der Waals surface area contributed by atoms with Crippen LogP contribution >= 0.6 is 23.4 Å². The van der Waals surface area contributed by atoms with Gasteiger partial charge in [-0.3, -0.25) is 0 Å². The van der Waals surface area contributed by atoms with Crippen LogP contribution in [0.1, 0.15) is 18.9 Å². The van der Waals surface area contributed by atoms with Crippen molar-refractivity contribution in [2.45, 2.75) is 18.2 Å². The highest BCUT2D eigenvalue weighted by Gasteiger charge is 2.11. The lowest BCUT2D eigenvalue weighted by molar-refractivity contribution is 1.20. The molecule has 1 aromatic rings. The third-order valence-corrected chi connectivity index (χ3v) is 3.47. The molecule has 0 amide bonds. The van der Waals surface area contributed by atoms with E-state index in [-0.39, 0.29) is 0 Å². The number of halogens is 1. The van der Waals surface area contributed by atoms with Crippen molar-refractivity contribution in [3.8, 4) is 0 Å². The first-order valence-electron chi connectivity index (χ1n) is 4.43. The topological polar surface area (TPSA) is 0 Å². The zero-order valence-corrected chi connectivity index (χ0v) is 9.08. The second-order valence-electron chi connectivity index (χ2n) is 3.03. The summed E-state index contributed by atoms with van der Waals surface area (Å²) in [7, 11) is 0. The average molecular weight is 211 g/mol. The molecule has 13 heavy (non-hydrogen) atoms. The Morgan fingerprint density at radius 3 is 3.08 bits per heavy atom. The monoisotopic (exact) mass is 210 g/mol. The molecule has 1 aromatic carbocycles. The first kappa shape index (κ1) is 9.17. The van der Waals surface area contributed by atoms with E-state index in [4.69, 9.17) is 11.6 Å². The van der Waals surface area contributed by atoms with Crippen molar-refractivity contribution in [1.29, 1.82) is 0 Å². The first-order valence-corrected chi connectivity index (χ1v) is 5.79. The van der Waals surface area contributed by atoms with Gasteiger partial charge in [0, 0.05) is 15.7 Å². The molecule has 0 atom stereocenters. The maximum Gasteiger partial charge on any atom is 0.0412 e. The molecule has 0 aromatic heterocycles. The van der Waals surface area contributed by atoms with E-state index in [0.717, 1.165) is 17.2 Å². The van der Waals surface area contributed by atoms with Crippen LogP contribution in [0.15, 0.2) is 29.2 Å². The quantitative estimate of drug-likeness (QED) is 0.668. The second-order valence-corrected chi connectivity index (χ2v) is 4.53. The molecule has 0 spiro atoms. The largest absolute Gasteiger partial charge is 0.121 e. The van der Waals surface area contributed by atoms with Crippen LogP contribution in [0.2, 0.25) is 5.02 Å². The van der Waals surface area contributed by atoms with E-state index in [1.807, 2.05) is 17.8 Å². The van der Waals surface area contributed by atoms with Gasteiger partial charge in [0.1, 0.15) is 0 Å². The third-order valence-electron chi connectivity index (χ3n) is 2.24. The van der Waals surface area contributed by atoms with Crippen LogP contribution in [0.3, 0.4) is 0 Å². The lowest BCUT2D eigenvalue weighted by Gasteiger charge is -2.16. The van der Waals surface area contributed by atoms with Gasteiger partial charge in [-0.25, -0.2) is 0 Å². The highest BCUT2D eigenvalue weighted by Crippen LogP contribution is 2.36.